The first-order valence-electron chi connectivity index (χ1n) is 5.69. The van der Waals surface area contributed by atoms with E-state index >= 15 is 0 Å². The van der Waals surface area contributed by atoms with E-state index in [2.05, 4.69) is 15.3 Å². The molecule has 2 aromatic rings. The number of aromatic nitrogens is 2. The summed E-state index contributed by atoms with van der Waals surface area (Å²) in [4.78, 5) is 0. The lowest BCUT2D eigenvalue weighted by atomic mass is 10.1. The van der Waals surface area contributed by atoms with Gasteiger partial charge in [0.05, 0.1) is 11.8 Å². The highest BCUT2D eigenvalue weighted by Gasteiger charge is 2.24. The summed E-state index contributed by atoms with van der Waals surface area (Å²) in [5.41, 5.74) is 7.93. The molecule has 6 nitrogen and oxygen atoms in total. The molecule has 1 aromatic carbocycles. The van der Waals surface area contributed by atoms with Crippen molar-refractivity contribution in [1.82, 2.24) is 9.78 Å². The van der Waals surface area contributed by atoms with Gasteiger partial charge < -0.3 is 10.8 Å². The zero-order valence-corrected chi connectivity index (χ0v) is 9.85. The van der Waals surface area contributed by atoms with Crippen molar-refractivity contribution in [2.45, 2.75) is 19.2 Å². The van der Waals surface area contributed by atoms with Gasteiger partial charge in [-0.25, -0.2) is 4.68 Å². The van der Waals surface area contributed by atoms with Crippen LogP contribution in [0.4, 0.5) is 11.5 Å². The number of aliphatic hydroxyl groups excluding tert-OH is 1. The summed E-state index contributed by atoms with van der Waals surface area (Å²) >= 11 is 0. The van der Waals surface area contributed by atoms with Crippen molar-refractivity contribution in [1.29, 1.82) is 0 Å². The lowest BCUT2D eigenvalue weighted by Gasteiger charge is -2.09. The van der Waals surface area contributed by atoms with Gasteiger partial charge in [0.2, 0.25) is 0 Å². The summed E-state index contributed by atoms with van der Waals surface area (Å²) in [7, 11) is 0. The van der Waals surface area contributed by atoms with Crippen LogP contribution >= 0.6 is 0 Å². The van der Waals surface area contributed by atoms with Crippen LogP contribution < -0.4 is 5.73 Å². The van der Waals surface area contributed by atoms with Gasteiger partial charge in [-0.2, -0.15) is 10.2 Å². The van der Waals surface area contributed by atoms with Gasteiger partial charge in [-0.15, -0.1) is 5.11 Å². The quantitative estimate of drug-likeness (QED) is 0.792. The third kappa shape index (κ3) is 1.67. The van der Waals surface area contributed by atoms with Crippen molar-refractivity contribution >= 4 is 11.5 Å². The molecule has 0 bridgehead atoms. The van der Waals surface area contributed by atoms with Crippen LogP contribution in [0.5, 0.6) is 0 Å². The Bertz CT molecular complexity index is 599. The maximum atomic E-state index is 9.51. The molecule has 0 fully saturated rings. The number of rotatable bonds is 2. The van der Waals surface area contributed by atoms with E-state index in [0.717, 1.165) is 5.56 Å². The molecule has 1 aliphatic heterocycles. The Morgan fingerprint density at radius 2 is 2.06 bits per heavy atom. The molecule has 0 spiro atoms. The lowest BCUT2D eigenvalue weighted by Crippen LogP contribution is -2.07. The molecule has 0 aliphatic carbocycles. The summed E-state index contributed by atoms with van der Waals surface area (Å²) < 4.78 is 1.70. The fourth-order valence-corrected chi connectivity index (χ4v) is 1.90. The smallest absolute Gasteiger partial charge is 0.190 e. The Morgan fingerprint density at radius 3 is 2.72 bits per heavy atom. The molecule has 3 rings (SSSR count). The molecule has 2 heterocycles. The normalized spacial score (nSPS) is 18.9. The van der Waals surface area contributed by atoms with Gasteiger partial charge in [0, 0.05) is 17.3 Å². The number of hydrogen-bond acceptors (Lipinski definition) is 5. The first kappa shape index (κ1) is 10.9. The molecule has 18 heavy (non-hydrogen) atoms. The van der Waals surface area contributed by atoms with E-state index in [-0.39, 0.29) is 6.17 Å². The second-order valence-electron chi connectivity index (χ2n) is 4.30. The Morgan fingerprint density at radius 1 is 1.33 bits per heavy atom. The van der Waals surface area contributed by atoms with E-state index in [4.69, 9.17) is 5.73 Å². The predicted molar refractivity (Wildman–Crippen MR) is 66.4 cm³/mol. The fourth-order valence-electron chi connectivity index (χ4n) is 1.90. The molecule has 92 valence electrons. The van der Waals surface area contributed by atoms with E-state index in [1.165, 1.54) is 0 Å². The van der Waals surface area contributed by atoms with Crippen LogP contribution in [0, 0.1) is 0 Å². The largest absolute Gasteiger partial charge is 0.399 e. The standard InChI is InChI=1S/C12H13N5O/c1-7(18)10-6-11-14-15-12(17(11)16-10)8-2-4-9(13)5-3-8/h2-7,12,18H,13H2,1H3. The number of nitrogens with zero attached hydrogens (tertiary/aromatic N) is 4. The van der Waals surface area contributed by atoms with Crippen LogP contribution in [-0.2, 0) is 0 Å². The molecule has 0 saturated heterocycles. The minimum Gasteiger partial charge on any atom is -0.399 e. The molecule has 2 unspecified atom stereocenters. The average Bonchev–Trinajstić information content (AvgIpc) is 2.89. The van der Waals surface area contributed by atoms with Crippen molar-refractivity contribution in [2.75, 3.05) is 5.73 Å². The minimum absolute atomic E-state index is 0.270. The lowest BCUT2D eigenvalue weighted by molar-refractivity contribution is 0.193. The van der Waals surface area contributed by atoms with Crippen LogP contribution in [0.15, 0.2) is 40.6 Å². The van der Waals surface area contributed by atoms with Gasteiger partial charge in [-0.05, 0) is 19.1 Å². The maximum absolute atomic E-state index is 9.51. The summed E-state index contributed by atoms with van der Waals surface area (Å²) in [6.07, 6.45) is -0.876. The van der Waals surface area contributed by atoms with Crippen LogP contribution in [-0.4, -0.2) is 14.9 Å². The zero-order chi connectivity index (χ0) is 12.7. The zero-order valence-electron chi connectivity index (χ0n) is 9.85. The number of azo groups is 1. The first-order valence-corrected chi connectivity index (χ1v) is 5.69. The third-order valence-corrected chi connectivity index (χ3v) is 2.90. The van der Waals surface area contributed by atoms with E-state index in [1.807, 2.05) is 24.3 Å². The number of anilines is 1. The third-order valence-electron chi connectivity index (χ3n) is 2.90. The summed E-state index contributed by atoms with van der Waals surface area (Å²) in [5.74, 6) is 0.660. The molecule has 1 aliphatic rings. The van der Waals surface area contributed by atoms with Gasteiger partial charge >= 0.3 is 0 Å². The van der Waals surface area contributed by atoms with Gasteiger partial charge in [0.1, 0.15) is 0 Å². The Labute approximate surface area is 104 Å². The number of nitrogens with two attached hydrogens (primary N) is 1. The van der Waals surface area contributed by atoms with E-state index in [0.29, 0.717) is 17.2 Å². The van der Waals surface area contributed by atoms with Crippen molar-refractivity contribution < 1.29 is 5.11 Å². The van der Waals surface area contributed by atoms with Crippen LogP contribution in [0.1, 0.15) is 30.5 Å². The fraction of sp³-hybridized carbons (Fsp3) is 0.250. The number of benzene rings is 1. The van der Waals surface area contributed by atoms with Gasteiger partial charge in [-0.3, -0.25) is 0 Å². The molecule has 0 amide bonds. The average molecular weight is 243 g/mol. The maximum Gasteiger partial charge on any atom is 0.190 e. The topological polar surface area (TPSA) is 88.8 Å². The van der Waals surface area contributed by atoms with Crippen LogP contribution in [0.3, 0.4) is 0 Å². The summed E-state index contributed by atoms with van der Waals surface area (Å²) in [6.45, 7) is 1.67. The molecule has 6 heteroatoms. The number of hydrogen-bond donors (Lipinski definition) is 2. The molecular weight excluding hydrogens is 230 g/mol. The molecule has 3 N–H and O–H groups in total. The van der Waals surface area contributed by atoms with Crippen molar-refractivity contribution in [3.63, 3.8) is 0 Å². The monoisotopic (exact) mass is 243 g/mol. The Hall–Kier alpha value is -2.21. The van der Waals surface area contributed by atoms with Crippen LogP contribution in [0.25, 0.3) is 0 Å². The number of nitrogen functional groups attached to an aromatic ring is 1. The molecule has 1 aromatic heterocycles. The second-order valence-corrected chi connectivity index (χ2v) is 4.30. The summed E-state index contributed by atoms with van der Waals surface area (Å²) in [5, 5.41) is 22.1. The van der Waals surface area contributed by atoms with Crippen molar-refractivity contribution in [2.24, 2.45) is 10.2 Å². The Balaban J connectivity index is 1.99. The number of aliphatic hydroxyl groups is 1. The molecule has 0 saturated carbocycles. The van der Waals surface area contributed by atoms with Gasteiger partial charge in [0.15, 0.2) is 12.0 Å². The first-order chi connectivity index (χ1) is 8.65. The van der Waals surface area contributed by atoms with E-state index < -0.39 is 6.10 Å². The minimum atomic E-state index is -0.606. The van der Waals surface area contributed by atoms with Crippen molar-refractivity contribution in [3.8, 4) is 0 Å². The SMILES string of the molecule is CC(O)c1cc2n(n1)C(c1ccc(N)cc1)N=N2. The molecule has 2 atom stereocenters. The predicted octanol–water partition coefficient (Wildman–Crippen LogP) is 2.16. The Kier molecular flexibility index (Phi) is 2.38. The summed E-state index contributed by atoms with van der Waals surface area (Å²) in [6, 6.07) is 9.19. The van der Waals surface area contributed by atoms with Crippen LogP contribution in [0.2, 0.25) is 0 Å². The molecular formula is C12H13N5O. The molecule has 0 radical (unpaired) electrons. The highest BCUT2D eigenvalue weighted by Crippen LogP contribution is 2.34. The van der Waals surface area contributed by atoms with Gasteiger partial charge in [0.25, 0.3) is 0 Å². The number of fused-ring (bicyclic) bond motifs is 1. The highest BCUT2D eigenvalue weighted by molar-refractivity contribution is 5.42. The second kappa shape index (κ2) is 3.92. The highest BCUT2D eigenvalue weighted by atomic mass is 16.3. The van der Waals surface area contributed by atoms with E-state index in [9.17, 15) is 5.11 Å². The van der Waals surface area contributed by atoms with E-state index in [1.54, 1.807) is 17.7 Å². The van der Waals surface area contributed by atoms with Crippen molar-refractivity contribution in [3.05, 3.63) is 41.6 Å². The van der Waals surface area contributed by atoms with Gasteiger partial charge in [-0.1, -0.05) is 12.1 Å².